The van der Waals surface area contributed by atoms with Gasteiger partial charge in [-0.1, -0.05) is 61.2 Å². The average Bonchev–Trinajstić information content (AvgIpc) is 2.46. The second kappa shape index (κ2) is 6.37. The normalized spacial score (nSPS) is 11.2. The Bertz CT molecular complexity index is 631. The third kappa shape index (κ3) is 3.26. The van der Waals surface area contributed by atoms with Crippen molar-refractivity contribution in [2.75, 3.05) is 0 Å². The molecule has 2 rings (SSSR count). The summed E-state index contributed by atoms with van der Waals surface area (Å²) in [5.74, 6) is 0. The van der Waals surface area contributed by atoms with E-state index in [1.165, 1.54) is 0 Å². The lowest BCUT2D eigenvalue weighted by molar-refractivity contribution is 0.425. The van der Waals surface area contributed by atoms with Crippen molar-refractivity contribution in [1.29, 1.82) is 0 Å². The van der Waals surface area contributed by atoms with Gasteiger partial charge in [0.1, 0.15) is 0 Å². The van der Waals surface area contributed by atoms with Gasteiger partial charge >= 0.3 is 7.12 Å². The number of rotatable bonds is 4. The van der Waals surface area contributed by atoms with E-state index in [1.54, 1.807) is 12.1 Å². The van der Waals surface area contributed by atoms with E-state index in [1.807, 2.05) is 55.5 Å². The van der Waals surface area contributed by atoms with Gasteiger partial charge in [-0.3, -0.25) is 0 Å². The summed E-state index contributed by atoms with van der Waals surface area (Å²) in [7, 11) is -1.43. The molecule has 2 aromatic carbocycles. The number of benzene rings is 2. The smallest absolute Gasteiger partial charge is 0.423 e. The highest BCUT2D eigenvalue weighted by Gasteiger charge is 2.11. The summed E-state index contributed by atoms with van der Waals surface area (Å²) in [5, 5.41) is 18.3. The van der Waals surface area contributed by atoms with E-state index in [-0.39, 0.29) is 0 Å². The van der Waals surface area contributed by atoms with Crippen LogP contribution in [0.4, 0.5) is 0 Å². The van der Waals surface area contributed by atoms with E-state index in [0.717, 1.165) is 22.3 Å². The van der Waals surface area contributed by atoms with Gasteiger partial charge in [0, 0.05) is 0 Å². The molecule has 100 valence electrons. The monoisotopic (exact) mass is 264 g/mol. The molecule has 0 aromatic heterocycles. The molecule has 0 aliphatic carbocycles. The zero-order valence-electron chi connectivity index (χ0n) is 11.5. The van der Waals surface area contributed by atoms with Crippen LogP contribution in [-0.4, -0.2) is 17.2 Å². The lowest BCUT2D eigenvalue weighted by Crippen LogP contribution is -2.29. The molecule has 2 aromatic rings. The molecular formula is C17H17BO2. The maximum Gasteiger partial charge on any atom is 0.488 e. The highest BCUT2D eigenvalue weighted by molar-refractivity contribution is 6.58. The molecule has 0 fully saturated rings. The Morgan fingerprint density at radius 3 is 2.35 bits per heavy atom. The van der Waals surface area contributed by atoms with Crippen molar-refractivity contribution < 1.29 is 10.0 Å². The van der Waals surface area contributed by atoms with Crippen molar-refractivity contribution in [3.8, 4) is 0 Å². The van der Waals surface area contributed by atoms with Crippen LogP contribution in [0.1, 0.15) is 16.7 Å². The fraction of sp³-hybridized carbons (Fsp3) is 0.0588. The molecule has 0 unspecified atom stereocenters. The van der Waals surface area contributed by atoms with Crippen LogP contribution in [0.15, 0.2) is 61.2 Å². The van der Waals surface area contributed by atoms with Crippen LogP contribution in [0, 0.1) is 6.92 Å². The first-order chi connectivity index (χ1) is 9.61. The minimum absolute atomic E-state index is 0.500. The van der Waals surface area contributed by atoms with Crippen LogP contribution in [0.3, 0.4) is 0 Å². The van der Waals surface area contributed by atoms with E-state index < -0.39 is 7.12 Å². The molecule has 0 atom stereocenters. The average molecular weight is 264 g/mol. The number of aryl methyl sites for hydroxylation is 1. The molecule has 0 saturated carbocycles. The summed E-state index contributed by atoms with van der Waals surface area (Å²) >= 11 is 0. The van der Waals surface area contributed by atoms with Crippen molar-refractivity contribution in [2.24, 2.45) is 0 Å². The van der Waals surface area contributed by atoms with Crippen LogP contribution in [0.5, 0.6) is 0 Å². The molecule has 0 saturated heterocycles. The van der Waals surface area contributed by atoms with Crippen LogP contribution in [-0.2, 0) is 0 Å². The van der Waals surface area contributed by atoms with E-state index in [2.05, 4.69) is 6.58 Å². The molecule has 2 nitrogen and oxygen atoms in total. The van der Waals surface area contributed by atoms with Gasteiger partial charge in [-0.15, -0.1) is 0 Å². The molecule has 20 heavy (non-hydrogen) atoms. The first kappa shape index (κ1) is 14.3. The zero-order chi connectivity index (χ0) is 14.5. The van der Waals surface area contributed by atoms with Gasteiger partial charge in [-0.2, -0.15) is 0 Å². The van der Waals surface area contributed by atoms with Gasteiger partial charge in [0.05, 0.1) is 0 Å². The summed E-state index contributed by atoms with van der Waals surface area (Å²) in [5.41, 5.74) is 4.66. The standard InChI is InChI=1S/C17H17BO2/c1-3-14(15-7-5-4-6-8-15)12-16-9-10-17(18(19)20)11-13(16)2/h3-12,19-20H,1H2,2H3/b14-12+. The lowest BCUT2D eigenvalue weighted by atomic mass is 9.79. The van der Waals surface area contributed by atoms with Crippen LogP contribution < -0.4 is 5.46 Å². The second-order valence-electron chi connectivity index (χ2n) is 4.66. The fourth-order valence-corrected chi connectivity index (χ4v) is 2.08. The van der Waals surface area contributed by atoms with Gasteiger partial charge in [0.2, 0.25) is 0 Å². The van der Waals surface area contributed by atoms with Crippen molar-refractivity contribution >= 4 is 24.2 Å². The first-order valence-electron chi connectivity index (χ1n) is 6.48. The molecule has 0 aliphatic rings. The van der Waals surface area contributed by atoms with Gasteiger partial charge in [-0.25, -0.2) is 0 Å². The molecule has 3 heteroatoms. The number of hydrogen-bond acceptors (Lipinski definition) is 2. The van der Waals surface area contributed by atoms with Crippen LogP contribution >= 0.6 is 0 Å². The molecular weight excluding hydrogens is 247 g/mol. The lowest BCUT2D eigenvalue weighted by Gasteiger charge is -2.07. The molecule has 0 radical (unpaired) electrons. The molecule has 0 heterocycles. The van der Waals surface area contributed by atoms with E-state index in [0.29, 0.717) is 5.46 Å². The van der Waals surface area contributed by atoms with Gasteiger partial charge in [0.25, 0.3) is 0 Å². The predicted molar refractivity (Wildman–Crippen MR) is 85.5 cm³/mol. The summed E-state index contributed by atoms with van der Waals surface area (Å²) in [6.07, 6.45) is 3.87. The Hall–Kier alpha value is -2.10. The maximum atomic E-state index is 9.17. The zero-order valence-corrected chi connectivity index (χ0v) is 11.5. The molecule has 2 N–H and O–H groups in total. The summed E-state index contributed by atoms with van der Waals surface area (Å²) in [6.45, 7) is 5.81. The predicted octanol–water partition coefficient (Wildman–Crippen LogP) is 2.40. The highest BCUT2D eigenvalue weighted by Crippen LogP contribution is 2.20. The van der Waals surface area contributed by atoms with Crippen LogP contribution in [0.2, 0.25) is 0 Å². The highest BCUT2D eigenvalue weighted by atomic mass is 16.4. The Morgan fingerprint density at radius 2 is 1.80 bits per heavy atom. The molecule has 0 spiro atoms. The third-order valence-corrected chi connectivity index (χ3v) is 3.23. The Balaban J connectivity index is 2.41. The topological polar surface area (TPSA) is 40.5 Å². The van der Waals surface area contributed by atoms with E-state index >= 15 is 0 Å². The molecule has 0 amide bonds. The second-order valence-corrected chi connectivity index (χ2v) is 4.66. The van der Waals surface area contributed by atoms with Crippen LogP contribution in [0.25, 0.3) is 11.6 Å². The third-order valence-electron chi connectivity index (χ3n) is 3.23. The van der Waals surface area contributed by atoms with Crippen molar-refractivity contribution in [2.45, 2.75) is 6.92 Å². The van der Waals surface area contributed by atoms with E-state index in [4.69, 9.17) is 10.0 Å². The quantitative estimate of drug-likeness (QED) is 0.505. The number of hydrogen-bond donors (Lipinski definition) is 2. The van der Waals surface area contributed by atoms with Crippen molar-refractivity contribution in [3.63, 3.8) is 0 Å². The largest absolute Gasteiger partial charge is 0.488 e. The van der Waals surface area contributed by atoms with Crippen molar-refractivity contribution in [1.82, 2.24) is 0 Å². The fourth-order valence-electron chi connectivity index (χ4n) is 2.08. The SMILES string of the molecule is C=C/C(=C\c1ccc(B(O)O)cc1C)c1ccccc1. The summed E-state index contributed by atoms with van der Waals surface area (Å²) < 4.78 is 0. The Morgan fingerprint density at radius 1 is 1.10 bits per heavy atom. The summed E-state index contributed by atoms with van der Waals surface area (Å²) in [4.78, 5) is 0. The minimum atomic E-state index is -1.43. The maximum absolute atomic E-state index is 9.17. The first-order valence-corrected chi connectivity index (χ1v) is 6.48. The van der Waals surface area contributed by atoms with Gasteiger partial charge in [-0.05, 0) is 40.7 Å². The molecule has 0 aliphatic heterocycles. The Labute approximate surface area is 119 Å². The summed E-state index contributed by atoms with van der Waals surface area (Å²) in [6, 6.07) is 15.4. The van der Waals surface area contributed by atoms with E-state index in [9.17, 15) is 0 Å². The molecule has 0 bridgehead atoms. The van der Waals surface area contributed by atoms with Gasteiger partial charge < -0.3 is 10.0 Å². The van der Waals surface area contributed by atoms with Gasteiger partial charge in [0.15, 0.2) is 0 Å². The van der Waals surface area contributed by atoms with Crippen molar-refractivity contribution in [3.05, 3.63) is 77.9 Å². The number of allylic oxidation sites excluding steroid dienone is 2. The minimum Gasteiger partial charge on any atom is -0.423 e. The Kier molecular flexibility index (Phi) is 4.56.